The van der Waals surface area contributed by atoms with E-state index < -0.39 is 0 Å². The van der Waals surface area contributed by atoms with E-state index in [1.165, 1.54) is 36.0 Å². The van der Waals surface area contributed by atoms with Gasteiger partial charge in [0.15, 0.2) is 0 Å². The van der Waals surface area contributed by atoms with Crippen LogP contribution >= 0.6 is 0 Å². The summed E-state index contributed by atoms with van der Waals surface area (Å²) in [5, 5.41) is 0. The molecule has 0 fully saturated rings. The lowest BCUT2D eigenvalue weighted by molar-refractivity contribution is 0.793. The van der Waals surface area contributed by atoms with Crippen LogP contribution in [0.15, 0.2) is 35.5 Å². The summed E-state index contributed by atoms with van der Waals surface area (Å²) in [4.78, 5) is 0. The van der Waals surface area contributed by atoms with Crippen molar-refractivity contribution in [2.45, 2.75) is 47.0 Å². The molecule has 74 valence electrons. The highest BCUT2D eigenvalue weighted by Gasteiger charge is 1.96. The topological polar surface area (TPSA) is 0 Å². The zero-order valence-corrected chi connectivity index (χ0v) is 9.48. The molecule has 0 saturated heterocycles. The van der Waals surface area contributed by atoms with Crippen molar-refractivity contribution < 1.29 is 0 Å². The minimum absolute atomic E-state index is 1.18. The van der Waals surface area contributed by atoms with Crippen LogP contribution < -0.4 is 0 Å². The van der Waals surface area contributed by atoms with Crippen molar-refractivity contribution >= 4 is 0 Å². The summed E-state index contributed by atoms with van der Waals surface area (Å²) in [5.41, 5.74) is 4.12. The van der Waals surface area contributed by atoms with E-state index in [0.29, 0.717) is 0 Å². The van der Waals surface area contributed by atoms with Crippen molar-refractivity contribution in [3.63, 3.8) is 0 Å². The van der Waals surface area contributed by atoms with Gasteiger partial charge in [0.2, 0.25) is 0 Å². The molecule has 0 heterocycles. The van der Waals surface area contributed by atoms with Crippen LogP contribution in [0.1, 0.15) is 47.0 Å². The molecule has 0 radical (unpaired) electrons. The minimum Gasteiger partial charge on any atom is -0.0988 e. The molecule has 0 amide bonds. The van der Waals surface area contributed by atoms with Crippen LogP contribution in [0, 0.1) is 0 Å². The molecule has 0 aromatic rings. The van der Waals surface area contributed by atoms with Gasteiger partial charge < -0.3 is 0 Å². The van der Waals surface area contributed by atoms with E-state index in [1.54, 1.807) is 0 Å². The van der Waals surface area contributed by atoms with E-state index in [0.717, 1.165) is 0 Å². The second kappa shape index (κ2) is 6.71. The molecular weight excluding hydrogens is 156 g/mol. The van der Waals surface area contributed by atoms with Crippen LogP contribution in [0.5, 0.6) is 0 Å². The van der Waals surface area contributed by atoms with Crippen LogP contribution in [0.25, 0.3) is 0 Å². The Morgan fingerprint density at radius 2 is 1.85 bits per heavy atom. The zero-order valence-electron chi connectivity index (χ0n) is 9.48. The van der Waals surface area contributed by atoms with Gasteiger partial charge in [0.1, 0.15) is 0 Å². The zero-order chi connectivity index (χ0) is 10.3. The number of hydrogen-bond acceptors (Lipinski definition) is 0. The molecule has 0 aromatic heterocycles. The first kappa shape index (κ1) is 12.2. The molecule has 0 aliphatic carbocycles. The second-order valence-electron chi connectivity index (χ2n) is 3.74. The Morgan fingerprint density at radius 1 is 1.23 bits per heavy atom. The number of allylic oxidation sites excluding steroid dienone is 5. The number of rotatable bonds is 5. The lowest BCUT2D eigenvalue weighted by Crippen LogP contribution is -1.85. The summed E-state index contributed by atoms with van der Waals surface area (Å²) in [5.74, 6) is 0. The standard InChI is InChI=1S/C13H22/c1-6-8-9-13(10-11(3)4)12(5)7-2/h7,10H,2,6,8-9H2,1,3-5H3/b13-12-. The quantitative estimate of drug-likeness (QED) is 0.538. The highest BCUT2D eigenvalue weighted by Crippen LogP contribution is 2.16. The van der Waals surface area contributed by atoms with Gasteiger partial charge in [-0.1, -0.05) is 37.6 Å². The van der Waals surface area contributed by atoms with E-state index in [2.05, 4.69) is 40.3 Å². The molecule has 0 aliphatic heterocycles. The van der Waals surface area contributed by atoms with Gasteiger partial charge in [-0.05, 0) is 44.8 Å². The summed E-state index contributed by atoms with van der Waals surface area (Å²) in [6.45, 7) is 12.5. The first-order valence-electron chi connectivity index (χ1n) is 5.08. The Morgan fingerprint density at radius 3 is 2.23 bits per heavy atom. The van der Waals surface area contributed by atoms with Crippen LogP contribution in [0.4, 0.5) is 0 Å². The highest BCUT2D eigenvalue weighted by atomic mass is 14.0. The Labute approximate surface area is 83.0 Å². The molecule has 0 heteroatoms. The Kier molecular flexibility index (Phi) is 6.30. The Bertz CT molecular complexity index is 212. The molecular formula is C13H22. The third-order valence-corrected chi connectivity index (χ3v) is 2.08. The lowest BCUT2D eigenvalue weighted by atomic mass is 10.0. The first-order chi connectivity index (χ1) is 6.11. The molecule has 13 heavy (non-hydrogen) atoms. The molecule has 0 aliphatic rings. The molecule has 0 spiro atoms. The summed E-state index contributed by atoms with van der Waals surface area (Å²) >= 11 is 0. The van der Waals surface area contributed by atoms with E-state index in [9.17, 15) is 0 Å². The van der Waals surface area contributed by atoms with Crippen molar-refractivity contribution in [2.24, 2.45) is 0 Å². The van der Waals surface area contributed by atoms with Gasteiger partial charge in [-0.15, -0.1) is 0 Å². The van der Waals surface area contributed by atoms with Gasteiger partial charge >= 0.3 is 0 Å². The summed E-state index contributed by atoms with van der Waals surface area (Å²) in [7, 11) is 0. The van der Waals surface area contributed by atoms with Gasteiger partial charge in [0.05, 0.1) is 0 Å². The summed E-state index contributed by atoms with van der Waals surface area (Å²) < 4.78 is 0. The maximum Gasteiger partial charge on any atom is -0.0276 e. The molecule has 0 saturated carbocycles. The van der Waals surface area contributed by atoms with Crippen molar-refractivity contribution in [2.75, 3.05) is 0 Å². The normalized spacial score (nSPS) is 12.0. The smallest absolute Gasteiger partial charge is 0.0276 e. The monoisotopic (exact) mass is 178 g/mol. The van der Waals surface area contributed by atoms with Crippen LogP contribution in [-0.4, -0.2) is 0 Å². The predicted molar refractivity (Wildman–Crippen MR) is 61.9 cm³/mol. The first-order valence-corrected chi connectivity index (χ1v) is 5.08. The van der Waals surface area contributed by atoms with Crippen molar-refractivity contribution in [3.05, 3.63) is 35.5 Å². The SMILES string of the molecule is C=C/C(C)=C(\C=C(C)C)CCCC. The predicted octanol–water partition coefficient (Wildman–Crippen LogP) is 4.65. The van der Waals surface area contributed by atoms with Gasteiger partial charge in [-0.25, -0.2) is 0 Å². The summed E-state index contributed by atoms with van der Waals surface area (Å²) in [6, 6.07) is 0. The summed E-state index contributed by atoms with van der Waals surface area (Å²) in [6.07, 6.45) is 7.92. The molecule has 0 unspecified atom stereocenters. The van der Waals surface area contributed by atoms with Crippen molar-refractivity contribution in [1.82, 2.24) is 0 Å². The molecule has 0 nitrogen and oxygen atoms in total. The molecule has 0 rings (SSSR count). The maximum atomic E-state index is 3.81. The van der Waals surface area contributed by atoms with E-state index in [1.807, 2.05) is 6.08 Å². The van der Waals surface area contributed by atoms with Gasteiger partial charge in [-0.2, -0.15) is 0 Å². The minimum atomic E-state index is 1.18. The Balaban J connectivity index is 4.56. The molecule has 0 N–H and O–H groups in total. The lowest BCUT2D eigenvalue weighted by Gasteiger charge is -2.05. The van der Waals surface area contributed by atoms with Crippen LogP contribution in [-0.2, 0) is 0 Å². The second-order valence-corrected chi connectivity index (χ2v) is 3.74. The van der Waals surface area contributed by atoms with E-state index in [-0.39, 0.29) is 0 Å². The fourth-order valence-corrected chi connectivity index (χ4v) is 1.23. The number of unbranched alkanes of at least 4 members (excludes halogenated alkanes) is 1. The van der Waals surface area contributed by atoms with Gasteiger partial charge in [0.25, 0.3) is 0 Å². The van der Waals surface area contributed by atoms with Crippen molar-refractivity contribution in [3.8, 4) is 0 Å². The largest absolute Gasteiger partial charge is 0.0988 e. The average molecular weight is 178 g/mol. The van der Waals surface area contributed by atoms with E-state index in [4.69, 9.17) is 0 Å². The average Bonchev–Trinajstić information content (AvgIpc) is 2.10. The van der Waals surface area contributed by atoms with Gasteiger partial charge in [0, 0.05) is 0 Å². The third-order valence-electron chi connectivity index (χ3n) is 2.08. The fourth-order valence-electron chi connectivity index (χ4n) is 1.23. The number of hydrogen-bond donors (Lipinski definition) is 0. The third kappa shape index (κ3) is 5.46. The van der Waals surface area contributed by atoms with Crippen molar-refractivity contribution in [1.29, 1.82) is 0 Å². The van der Waals surface area contributed by atoms with E-state index >= 15 is 0 Å². The highest BCUT2D eigenvalue weighted by molar-refractivity contribution is 5.32. The fraction of sp³-hybridized carbons (Fsp3) is 0.538. The Hall–Kier alpha value is -0.780. The van der Waals surface area contributed by atoms with Crippen LogP contribution in [0.3, 0.4) is 0 Å². The van der Waals surface area contributed by atoms with Gasteiger partial charge in [-0.3, -0.25) is 0 Å². The van der Waals surface area contributed by atoms with Crippen LogP contribution in [0.2, 0.25) is 0 Å². The molecule has 0 aromatic carbocycles. The maximum absolute atomic E-state index is 3.81. The molecule has 0 bridgehead atoms. The molecule has 0 atom stereocenters.